The molecule has 0 aliphatic carbocycles. The van der Waals surface area contributed by atoms with Crippen LogP contribution in [0.5, 0.6) is 0 Å². The first-order valence-electron chi connectivity index (χ1n) is 1.43. The molecule has 38 valence electrons. The first-order chi connectivity index (χ1) is 2.56. The first-order valence-corrected chi connectivity index (χ1v) is 5.43. The van der Waals surface area contributed by atoms with Crippen LogP contribution in [-0.4, -0.2) is 13.7 Å². The van der Waals surface area contributed by atoms with Crippen molar-refractivity contribution in [2.75, 3.05) is 13.7 Å². The maximum Gasteiger partial charge on any atom is 0.134 e. The molecule has 0 rings (SSSR count). The van der Waals surface area contributed by atoms with Gasteiger partial charge in [0.1, 0.15) is 5.76 Å². The molecule has 0 amide bonds. The van der Waals surface area contributed by atoms with Crippen LogP contribution in [0.1, 0.15) is 0 Å². The molecule has 0 unspecified atom stereocenters. The molecule has 4 heteroatoms. The largest absolute Gasteiger partial charge is 0.277 e. The Morgan fingerprint density at radius 1 is 1.50 bits per heavy atom. The zero-order valence-electron chi connectivity index (χ0n) is 3.65. The Bertz CT molecular complexity index is 75.3. The monoisotopic (exact) mass is 145 g/mol. The third-order valence-electron chi connectivity index (χ3n) is 0.351. The maximum atomic E-state index is 5.43. The second kappa shape index (κ2) is 2.20. The number of hydrogen-bond donors (Lipinski definition) is 0. The molecule has 0 saturated carbocycles. The fourth-order valence-corrected chi connectivity index (χ4v) is 0. The van der Waals surface area contributed by atoms with Crippen molar-refractivity contribution < 1.29 is 0 Å². The zero-order chi connectivity index (χ0) is 5.21. The predicted molar refractivity (Wildman–Crippen MR) is 32.9 cm³/mol. The summed E-state index contributed by atoms with van der Waals surface area (Å²) < 4.78 is 3.66. The van der Waals surface area contributed by atoms with Crippen LogP contribution in [-0.2, 0) is 0 Å². The van der Waals surface area contributed by atoms with Crippen molar-refractivity contribution in [2.45, 2.75) is 0 Å². The Morgan fingerprint density at radius 3 is 1.67 bits per heavy atom. The van der Waals surface area contributed by atoms with Crippen LogP contribution in [0.4, 0.5) is 0 Å². The average molecular weight is 146 g/mol. The summed E-state index contributed by atoms with van der Waals surface area (Å²) in [6.07, 6.45) is 0. The van der Waals surface area contributed by atoms with Gasteiger partial charge in [0, 0.05) is 7.05 Å². The Hall–Kier alpha value is 0.810. The highest BCUT2D eigenvalue weighted by molar-refractivity contribution is 8.09. The Morgan fingerprint density at radius 2 is 1.67 bits per heavy atom. The number of rotatable bonds is 0. The number of halogens is 2. The van der Waals surface area contributed by atoms with Crippen LogP contribution in [0.2, 0.25) is 0 Å². The number of nitrogens with zero attached hydrogens (tertiary/aromatic N) is 1. The zero-order valence-corrected chi connectivity index (χ0v) is 6.06. The molecule has 0 bridgehead atoms. The molecule has 0 aliphatic rings. The van der Waals surface area contributed by atoms with Crippen molar-refractivity contribution in [1.82, 2.24) is 0 Å². The fraction of sp³-hybridized carbons (Fsp3) is 1.00. The van der Waals surface area contributed by atoms with Crippen molar-refractivity contribution in [3.05, 3.63) is 0 Å². The molecule has 0 aliphatic heterocycles. The fourth-order valence-electron chi connectivity index (χ4n) is 0. The summed E-state index contributed by atoms with van der Waals surface area (Å²) >= 11 is 10.9. The standard InChI is InChI=1S/C2H6Cl2NP/c1-5-6(2,3)4/h1-2H3. The normalized spacial score (nSPS) is 11.3. The van der Waals surface area contributed by atoms with Gasteiger partial charge in [-0.15, -0.1) is 0 Å². The van der Waals surface area contributed by atoms with E-state index in [1.807, 2.05) is 0 Å². The van der Waals surface area contributed by atoms with Crippen LogP contribution in [0, 0.1) is 0 Å². The average Bonchev–Trinajstić information content (AvgIpc) is 1.35. The third-order valence-corrected chi connectivity index (χ3v) is 1.96. The van der Waals surface area contributed by atoms with Crippen molar-refractivity contribution in [1.29, 1.82) is 0 Å². The minimum absolute atomic E-state index is 1.62. The van der Waals surface area contributed by atoms with Crippen LogP contribution < -0.4 is 0 Å². The quantitative estimate of drug-likeness (QED) is 0.466. The van der Waals surface area contributed by atoms with E-state index in [1.54, 1.807) is 13.7 Å². The molecule has 0 aromatic heterocycles. The van der Waals surface area contributed by atoms with E-state index in [0.29, 0.717) is 0 Å². The van der Waals surface area contributed by atoms with E-state index in [4.69, 9.17) is 22.5 Å². The lowest BCUT2D eigenvalue weighted by Crippen LogP contribution is -1.46. The highest BCUT2D eigenvalue weighted by atomic mass is 35.9. The van der Waals surface area contributed by atoms with Crippen LogP contribution >= 0.6 is 28.2 Å². The minimum Gasteiger partial charge on any atom is -0.277 e. The molecule has 0 radical (unpaired) electrons. The summed E-state index contributed by atoms with van der Waals surface area (Å²) in [6.45, 7) is 1.72. The topological polar surface area (TPSA) is 12.4 Å². The SMILES string of the molecule is CN=P(C)(Cl)Cl. The Kier molecular flexibility index (Phi) is 2.50. The highest BCUT2D eigenvalue weighted by Crippen LogP contribution is 2.55. The molecule has 0 aromatic carbocycles. The minimum atomic E-state index is -1.83. The molecule has 6 heavy (non-hydrogen) atoms. The van der Waals surface area contributed by atoms with Gasteiger partial charge in [-0.1, -0.05) is 22.5 Å². The van der Waals surface area contributed by atoms with Gasteiger partial charge in [0.15, 0.2) is 0 Å². The second-order valence-corrected chi connectivity index (χ2v) is 7.33. The molecule has 0 N–H and O–H groups in total. The van der Waals surface area contributed by atoms with Gasteiger partial charge >= 0.3 is 0 Å². The Labute approximate surface area is 47.3 Å². The van der Waals surface area contributed by atoms with Gasteiger partial charge in [-0.05, 0) is 6.66 Å². The smallest absolute Gasteiger partial charge is 0.134 e. The van der Waals surface area contributed by atoms with Gasteiger partial charge in [-0.25, -0.2) is 0 Å². The summed E-state index contributed by atoms with van der Waals surface area (Å²) in [7, 11) is 1.62. The van der Waals surface area contributed by atoms with Crippen LogP contribution in [0.15, 0.2) is 4.74 Å². The van der Waals surface area contributed by atoms with E-state index in [0.717, 1.165) is 0 Å². The van der Waals surface area contributed by atoms with Gasteiger partial charge < -0.3 is 0 Å². The molecular weight excluding hydrogens is 140 g/mol. The molecule has 0 heterocycles. The highest BCUT2D eigenvalue weighted by Gasteiger charge is 1.94. The maximum absolute atomic E-state index is 5.43. The molecule has 1 nitrogen and oxygen atoms in total. The summed E-state index contributed by atoms with van der Waals surface area (Å²) in [4.78, 5) is 0. The van der Waals surface area contributed by atoms with Gasteiger partial charge in [-0.3, -0.25) is 4.74 Å². The number of hydrogen-bond acceptors (Lipinski definition) is 1. The summed E-state index contributed by atoms with van der Waals surface area (Å²) in [5.41, 5.74) is 0. The van der Waals surface area contributed by atoms with Crippen molar-refractivity contribution in [3.63, 3.8) is 0 Å². The molecule has 0 saturated heterocycles. The van der Waals surface area contributed by atoms with E-state index in [1.165, 1.54) is 0 Å². The molecule has 0 atom stereocenters. The lowest BCUT2D eigenvalue weighted by Gasteiger charge is -1.91. The summed E-state index contributed by atoms with van der Waals surface area (Å²) in [5.74, 6) is -1.83. The van der Waals surface area contributed by atoms with Crippen molar-refractivity contribution in [3.8, 4) is 0 Å². The lowest BCUT2D eigenvalue weighted by atomic mass is 11.6. The van der Waals surface area contributed by atoms with Gasteiger partial charge in [0.2, 0.25) is 0 Å². The van der Waals surface area contributed by atoms with E-state index in [9.17, 15) is 0 Å². The van der Waals surface area contributed by atoms with E-state index in [-0.39, 0.29) is 0 Å². The Balaban J connectivity index is 3.79. The van der Waals surface area contributed by atoms with Crippen molar-refractivity contribution >= 4 is 28.2 Å². The van der Waals surface area contributed by atoms with Crippen LogP contribution in [0.3, 0.4) is 0 Å². The summed E-state index contributed by atoms with van der Waals surface area (Å²) in [6, 6.07) is 0. The molecule has 0 fully saturated rings. The molecular formula is C2H6Cl2NP. The molecule has 0 aromatic rings. The predicted octanol–water partition coefficient (Wildman–Crippen LogP) is 2.75. The van der Waals surface area contributed by atoms with Gasteiger partial charge in [0.25, 0.3) is 0 Å². The van der Waals surface area contributed by atoms with Crippen molar-refractivity contribution in [2.24, 2.45) is 4.74 Å². The van der Waals surface area contributed by atoms with Crippen LogP contribution in [0.25, 0.3) is 0 Å². The van der Waals surface area contributed by atoms with Gasteiger partial charge in [-0.2, -0.15) is 0 Å². The third kappa shape index (κ3) is 4.81. The van der Waals surface area contributed by atoms with E-state index < -0.39 is 5.76 Å². The van der Waals surface area contributed by atoms with E-state index in [2.05, 4.69) is 4.74 Å². The first kappa shape index (κ1) is 6.81. The van der Waals surface area contributed by atoms with E-state index >= 15 is 0 Å². The lowest BCUT2D eigenvalue weighted by molar-refractivity contribution is 1.51. The van der Waals surface area contributed by atoms with Gasteiger partial charge in [0.05, 0.1) is 0 Å². The second-order valence-electron chi connectivity index (χ2n) is 0.953. The summed E-state index contributed by atoms with van der Waals surface area (Å²) in [5, 5.41) is 0. The molecule has 0 spiro atoms.